The fourth-order valence-electron chi connectivity index (χ4n) is 4.32. The third kappa shape index (κ3) is 4.98. The summed E-state index contributed by atoms with van der Waals surface area (Å²) in [4.78, 5) is 19.1. The number of halogens is 1. The average Bonchev–Trinajstić information content (AvgIpc) is 3.37. The van der Waals surface area contributed by atoms with E-state index in [0.29, 0.717) is 35.9 Å². The molecule has 2 aliphatic rings. The van der Waals surface area contributed by atoms with Crippen molar-refractivity contribution in [1.29, 1.82) is 0 Å². The van der Waals surface area contributed by atoms with Crippen LogP contribution < -0.4 is 5.32 Å². The van der Waals surface area contributed by atoms with Gasteiger partial charge in [-0.2, -0.15) is 4.98 Å². The molecule has 1 aromatic carbocycles. The van der Waals surface area contributed by atoms with Crippen LogP contribution >= 0.6 is 12.4 Å². The second kappa shape index (κ2) is 9.26. The Labute approximate surface area is 178 Å². The van der Waals surface area contributed by atoms with Crippen LogP contribution in [0.2, 0.25) is 0 Å². The van der Waals surface area contributed by atoms with Gasteiger partial charge in [-0.15, -0.1) is 12.4 Å². The van der Waals surface area contributed by atoms with E-state index in [-0.39, 0.29) is 18.3 Å². The molecule has 0 unspecified atom stereocenters. The summed E-state index contributed by atoms with van der Waals surface area (Å²) in [6, 6.07) is 8.25. The summed E-state index contributed by atoms with van der Waals surface area (Å²) in [5, 5.41) is 7.55. The Morgan fingerprint density at radius 3 is 2.55 bits per heavy atom. The maximum Gasteiger partial charge on any atom is 0.227 e. The van der Waals surface area contributed by atoms with Crippen molar-refractivity contribution in [3.8, 4) is 11.4 Å². The van der Waals surface area contributed by atoms with Crippen LogP contribution in [-0.2, 0) is 11.2 Å². The first-order chi connectivity index (χ1) is 13.5. The molecule has 0 radical (unpaired) electrons. The fraction of sp³-hybridized carbons (Fsp3) is 0.591. The summed E-state index contributed by atoms with van der Waals surface area (Å²) < 4.78 is 5.37. The number of nitrogens with zero attached hydrogens (tertiary/aromatic N) is 3. The van der Waals surface area contributed by atoms with Gasteiger partial charge in [-0.1, -0.05) is 43.3 Å². The first-order valence-electron chi connectivity index (χ1n) is 10.5. The van der Waals surface area contributed by atoms with Gasteiger partial charge >= 0.3 is 0 Å². The van der Waals surface area contributed by atoms with Crippen LogP contribution in [-0.4, -0.2) is 47.1 Å². The average molecular weight is 419 g/mol. The second-order valence-electron chi connectivity index (χ2n) is 8.60. The van der Waals surface area contributed by atoms with Gasteiger partial charge in [0.25, 0.3) is 0 Å². The molecule has 1 aromatic heterocycles. The van der Waals surface area contributed by atoms with E-state index in [4.69, 9.17) is 4.52 Å². The lowest BCUT2D eigenvalue weighted by atomic mass is 9.78. The van der Waals surface area contributed by atoms with Crippen molar-refractivity contribution in [2.75, 3.05) is 26.2 Å². The Hall–Kier alpha value is -1.92. The van der Waals surface area contributed by atoms with Crippen molar-refractivity contribution in [3.05, 3.63) is 35.7 Å². The zero-order valence-electron chi connectivity index (χ0n) is 17.3. The molecule has 29 heavy (non-hydrogen) atoms. The number of carbonyl (C=O) groups excluding carboxylic acids is 1. The molecule has 1 N–H and O–H groups in total. The van der Waals surface area contributed by atoms with E-state index in [1.165, 1.54) is 12.0 Å². The van der Waals surface area contributed by atoms with Crippen LogP contribution in [0.15, 0.2) is 28.8 Å². The van der Waals surface area contributed by atoms with Gasteiger partial charge in [0.1, 0.15) is 0 Å². The third-order valence-electron chi connectivity index (χ3n) is 6.37. The van der Waals surface area contributed by atoms with Gasteiger partial charge in [-0.3, -0.25) is 4.79 Å². The smallest absolute Gasteiger partial charge is 0.227 e. The largest absolute Gasteiger partial charge is 0.343 e. The summed E-state index contributed by atoms with van der Waals surface area (Å²) in [7, 11) is 0. The molecule has 7 heteroatoms. The predicted octanol–water partition coefficient (Wildman–Crippen LogP) is 3.82. The monoisotopic (exact) mass is 418 g/mol. The lowest BCUT2D eigenvalue weighted by molar-refractivity contribution is -0.133. The molecule has 2 aromatic rings. The number of aryl methyl sites for hydroxylation is 1. The number of likely N-dealkylation sites (tertiary alicyclic amines) is 1. The van der Waals surface area contributed by atoms with E-state index in [1.807, 2.05) is 17.0 Å². The zero-order chi connectivity index (χ0) is 19.6. The van der Waals surface area contributed by atoms with E-state index in [9.17, 15) is 4.79 Å². The van der Waals surface area contributed by atoms with Crippen LogP contribution in [0.25, 0.3) is 11.4 Å². The van der Waals surface area contributed by atoms with Crippen LogP contribution in [0, 0.1) is 5.41 Å². The molecule has 2 fully saturated rings. The van der Waals surface area contributed by atoms with Gasteiger partial charge in [0.2, 0.25) is 17.6 Å². The maximum absolute atomic E-state index is 12.6. The number of hydrogen-bond acceptors (Lipinski definition) is 5. The molecular formula is C22H31ClN4O2. The van der Waals surface area contributed by atoms with Crippen LogP contribution in [0.3, 0.4) is 0 Å². The summed E-state index contributed by atoms with van der Waals surface area (Å²) >= 11 is 0. The number of nitrogens with one attached hydrogen (secondary N) is 1. The molecular weight excluding hydrogens is 388 g/mol. The Kier molecular flexibility index (Phi) is 6.96. The zero-order valence-corrected chi connectivity index (χ0v) is 18.1. The van der Waals surface area contributed by atoms with Gasteiger partial charge in [-0.05, 0) is 42.7 Å². The van der Waals surface area contributed by atoms with E-state index < -0.39 is 0 Å². The molecule has 1 spiro atoms. The van der Waals surface area contributed by atoms with Crippen molar-refractivity contribution in [3.63, 3.8) is 0 Å². The normalized spacial score (nSPS) is 18.2. The number of benzene rings is 1. The minimum absolute atomic E-state index is 0. The molecule has 0 bridgehead atoms. The Bertz CT molecular complexity index is 802. The molecule has 2 saturated heterocycles. The summed E-state index contributed by atoms with van der Waals surface area (Å²) in [5.41, 5.74) is 2.66. The van der Waals surface area contributed by atoms with Crippen molar-refractivity contribution in [1.82, 2.24) is 20.4 Å². The first kappa shape index (κ1) is 21.8. The highest BCUT2D eigenvalue weighted by Gasteiger charge is 2.37. The molecule has 0 saturated carbocycles. The molecule has 3 heterocycles. The fourth-order valence-corrected chi connectivity index (χ4v) is 4.32. The minimum atomic E-state index is 0. The van der Waals surface area contributed by atoms with Gasteiger partial charge in [-0.25, -0.2) is 0 Å². The molecule has 0 atom stereocenters. The van der Waals surface area contributed by atoms with Gasteiger partial charge in [0, 0.05) is 38.0 Å². The Morgan fingerprint density at radius 1 is 1.21 bits per heavy atom. The molecule has 4 rings (SSSR count). The van der Waals surface area contributed by atoms with Crippen molar-refractivity contribution in [2.45, 2.75) is 51.9 Å². The third-order valence-corrected chi connectivity index (χ3v) is 6.37. The second-order valence-corrected chi connectivity index (χ2v) is 8.60. The Morgan fingerprint density at radius 2 is 1.93 bits per heavy atom. The van der Waals surface area contributed by atoms with Gasteiger partial charge in [0.05, 0.1) is 0 Å². The van der Waals surface area contributed by atoms with Crippen LogP contribution in [0.5, 0.6) is 0 Å². The van der Waals surface area contributed by atoms with E-state index >= 15 is 0 Å². The lowest BCUT2D eigenvalue weighted by Gasteiger charge is -2.38. The minimum Gasteiger partial charge on any atom is -0.343 e. The first-order valence-corrected chi connectivity index (χ1v) is 10.5. The molecule has 1 amide bonds. The predicted molar refractivity (Wildman–Crippen MR) is 115 cm³/mol. The van der Waals surface area contributed by atoms with Crippen LogP contribution in [0.1, 0.15) is 56.9 Å². The van der Waals surface area contributed by atoms with Crippen LogP contribution in [0.4, 0.5) is 0 Å². The number of aromatic nitrogens is 2. The van der Waals surface area contributed by atoms with Gasteiger partial charge < -0.3 is 14.7 Å². The van der Waals surface area contributed by atoms with E-state index in [2.05, 4.69) is 41.4 Å². The maximum atomic E-state index is 12.6. The molecule has 2 aliphatic heterocycles. The highest BCUT2D eigenvalue weighted by Crippen LogP contribution is 2.37. The number of rotatable bonds is 5. The number of carbonyl (C=O) groups is 1. The Balaban J connectivity index is 0.00000240. The lowest BCUT2D eigenvalue weighted by Crippen LogP contribution is -2.44. The molecule has 0 aliphatic carbocycles. The summed E-state index contributed by atoms with van der Waals surface area (Å²) in [5.74, 6) is 1.81. The highest BCUT2D eigenvalue weighted by atomic mass is 35.5. The topological polar surface area (TPSA) is 71.3 Å². The van der Waals surface area contributed by atoms with Crippen molar-refractivity contribution < 1.29 is 9.32 Å². The van der Waals surface area contributed by atoms with E-state index in [0.717, 1.165) is 44.6 Å². The van der Waals surface area contributed by atoms with Crippen molar-refractivity contribution >= 4 is 18.3 Å². The quantitative estimate of drug-likeness (QED) is 0.799. The standard InChI is InChI=1S/C22H30N4O2.ClH/c1-16(2)17-3-5-18(6-4-17)21-24-19(28-25-21)7-8-20(27)26-13-10-22(11-14-26)9-12-23-15-22;/h3-6,16,23H,7-15H2,1-2H3;1H. The molecule has 6 nitrogen and oxygen atoms in total. The highest BCUT2D eigenvalue weighted by molar-refractivity contribution is 5.85. The van der Waals surface area contributed by atoms with Gasteiger partial charge in [0.15, 0.2) is 0 Å². The number of hydrogen-bond donors (Lipinski definition) is 1. The SMILES string of the molecule is CC(C)c1ccc(-c2noc(CCC(=O)N3CCC4(CCNC4)CC3)n2)cc1.Cl. The van der Waals surface area contributed by atoms with E-state index in [1.54, 1.807) is 0 Å². The number of amides is 1. The van der Waals surface area contributed by atoms with Crippen molar-refractivity contribution in [2.24, 2.45) is 5.41 Å². The molecule has 158 valence electrons. The number of piperidine rings is 1. The summed E-state index contributed by atoms with van der Waals surface area (Å²) in [6.45, 7) is 8.32. The summed E-state index contributed by atoms with van der Waals surface area (Å²) in [6.07, 6.45) is 4.40.